The van der Waals surface area contributed by atoms with Gasteiger partial charge in [0.05, 0.1) is 0 Å². The van der Waals surface area contributed by atoms with E-state index in [9.17, 15) is 0 Å². The fourth-order valence-electron chi connectivity index (χ4n) is 0.272. The van der Waals surface area contributed by atoms with Crippen LogP contribution < -0.4 is 0 Å². The van der Waals surface area contributed by atoms with Crippen molar-refractivity contribution in [1.82, 2.24) is 0 Å². The van der Waals surface area contributed by atoms with Crippen molar-refractivity contribution in [2.24, 2.45) is 5.92 Å². The summed E-state index contributed by atoms with van der Waals surface area (Å²) in [5.74, 6) is 0.655. The molecular formula is C6H11. The summed E-state index contributed by atoms with van der Waals surface area (Å²) < 4.78 is 0. The maximum absolute atomic E-state index is 3.55. The predicted molar refractivity (Wildman–Crippen MR) is 29.3 cm³/mol. The van der Waals surface area contributed by atoms with Gasteiger partial charge in [0.2, 0.25) is 0 Å². The van der Waals surface area contributed by atoms with Crippen molar-refractivity contribution in [3.8, 4) is 0 Å². The highest BCUT2D eigenvalue weighted by molar-refractivity contribution is 4.85. The molecule has 6 heavy (non-hydrogen) atoms. The molecule has 0 unspecified atom stereocenters. The van der Waals surface area contributed by atoms with Gasteiger partial charge in [-0.3, -0.25) is 0 Å². The quantitative estimate of drug-likeness (QED) is 0.455. The van der Waals surface area contributed by atoms with Gasteiger partial charge in [-0.25, -0.2) is 0 Å². The van der Waals surface area contributed by atoms with E-state index in [4.69, 9.17) is 0 Å². The minimum Gasteiger partial charge on any atom is -0.0880 e. The van der Waals surface area contributed by atoms with Crippen LogP contribution in [0.15, 0.2) is 12.2 Å². The fraction of sp³-hybridized carbons (Fsp3) is 0.500. The van der Waals surface area contributed by atoms with E-state index in [2.05, 4.69) is 26.8 Å². The molecule has 0 nitrogen and oxygen atoms in total. The Labute approximate surface area is 39.9 Å². The number of allylic oxidation sites excluding steroid dienone is 2. The van der Waals surface area contributed by atoms with E-state index in [-0.39, 0.29) is 0 Å². The zero-order valence-corrected chi connectivity index (χ0v) is 4.44. The summed E-state index contributed by atoms with van der Waals surface area (Å²) in [6.45, 7) is 7.80. The summed E-state index contributed by atoms with van der Waals surface area (Å²) in [6, 6.07) is 0. The Kier molecular flexibility index (Phi) is 2.82. The third kappa shape index (κ3) is 3.74. The SMILES string of the molecule is [CH2]/C=C\C(C)C. The van der Waals surface area contributed by atoms with E-state index in [1.165, 1.54) is 0 Å². The Bertz CT molecular complexity index is 42.0. The lowest BCUT2D eigenvalue weighted by molar-refractivity contribution is 0.832. The second kappa shape index (κ2) is 2.95. The van der Waals surface area contributed by atoms with Gasteiger partial charge in [-0.2, -0.15) is 0 Å². The van der Waals surface area contributed by atoms with Gasteiger partial charge in [-0.05, 0) is 12.8 Å². The average molecular weight is 83.2 g/mol. The molecule has 0 rings (SSSR count). The molecule has 0 atom stereocenters. The Morgan fingerprint density at radius 2 is 2.00 bits per heavy atom. The van der Waals surface area contributed by atoms with Crippen LogP contribution >= 0.6 is 0 Å². The molecule has 0 heteroatoms. The molecule has 0 aromatic carbocycles. The lowest BCUT2D eigenvalue weighted by Crippen LogP contribution is -1.73. The molecular weight excluding hydrogens is 72.1 g/mol. The summed E-state index contributed by atoms with van der Waals surface area (Å²) in [7, 11) is 0. The van der Waals surface area contributed by atoms with E-state index in [0.29, 0.717) is 5.92 Å². The van der Waals surface area contributed by atoms with Gasteiger partial charge in [0, 0.05) is 0 Å². The van der Waals surface area contributed by atoms with Crippen molar-refractivity contribution < 1.29 is 0 Å². The van der Waals surface area contributed by atoms with Crippen molar-refractivity contribution in [3.05, 3.63) is 19.1 Å². The molecule has 0 fully saturated rings. The predicted octanol–water partition coefficient (Wildman–Crippen LogP) is 2.03. The van der Waals surface area contributed by atoms with E-state index in [0.717, 1.165) is 0 Å². The summed E-state index contributed by atoms with van der Waals surface area (Å²) in [6.07, 6.45) is 3.88. The third-order valence-corrected chi connectivity index (χ3v) is 0.521. The monoisotopic (exact) mass is 83.1 g/mol. The topological polar surface area (TPSA) is 0 Å². The van der Waals surface area contributed by atoms with Crippen LogP contribution in [0.3, 0.4) is 0 Å². The minimum atomic E-state index is 0.655. The Morgan fingerprint density at radius 3 is 2.00 bits per heavy atom. The largest absolute Gasteiger partial charge is 0.0880 e. The van der Waals surface area contributed by atoms with E-state index in [1.54, 1.807) is 0 Å². The third-order valence-electron chi connectivity index (χ3n) is 0.521. The van der Waals surface area contributed by atoms with Crippen molar-refractivity contribution in [1.29, 1.82) is 0 Å². The zero-order valence-electron chi connectivity index (χ0n) is 4.44. The highest BCUT2D eigenvalue weighted by Gasteiger charge is 1.76. The van der Waals surface area contributed by atoms with Crippen LogP contribution in [0.4, 0.5) is 0 Å². The molecule has 0 bridgehead atoms. The van der Waals surface area contributed by atoms with Crippen molar-refractivity contribution in [2.45, 2.75) is 13.8 Å². The molecule has 0 N–H and O–H groups in total. The summed E-state index contributed by atoms with van der Waals surface area (Å²) >= 11 is 0. The molecule has 0 spiro atoms. The lowest BCUT2D eigenvalue weighted by Gasteiger charge is -1.86. The van der Waals surface area contributed by atoms with Crippen molar-refractivity contribution in [3.63, 3.8) is 0 Å². The normalized spacial score (nSPS) is 11.3. The van der Waals surface area contributed by atoms with Gasteiger partial charge >= 0.3 is 0 Å². The molecule has 0 aromatic rings. The maximum Gasteiger partial charge on any atom is -0.0290 e. The van der Waals surface area contributed by atoms with Gasteiger partial charge in [0.1, 0.15) is 0 Å². The van der Waals surface area contributed by atoms with E-state index < -0.39 is 0 Å². The summed E-state index contributed by atoms with van der Waals surface area (Å²) in [4.78, 5) is 0. The van der Waals surface area contributed by atoms with Crippen LogP contribution in [0.25, 0.3) is 0 Å². The van der Waals surface area contributed by atoms with E-state index >= 15 is 0 Å². The first kappa shape index (κ1) is 5.74. The van der Waals surface area contributed by atoms with Crippen LogP contribution in [0.1, 0.15) is 13.8 Å². The van der Waals surface area contributed by atoms with Gasteiger partial charge < -0.3 is 0 Å². The first-order valence-electron chi connectivity index (χ1n) is 2.23. The Morgan fingerprint density at radius 1 is 1.50 bits per heavy atom. The molecule has 0 aliphatic rings. The lowest BCUT2D eigenvalue weighted by atomic mass is 10.2. The molecule has 0 aliphatic heterocycles. The average Bonchev–Trinajstić information content (AvgIpc) is 1.35. The molecule has 0 heterocycles. The van der Waals surface area contributed by atoms with Crippen molar-refractivity contribution >= 4 is 0 Å². The second-order valence-corrected chi connectivity index (χ2v) is 1.67. The molecule has 0 aliphatic carbocycles. The summed E-state index contributed by atoms with van der Waals surface area (Å²) in [5, 5.41) is 0. The number of rotatable bonds is 1. The summed E-state index contributed by atoms with van der Waals surface area (Å²) in [5.41, 5.74) is 0. The molecule has 35 valence electrons. The van der Waals surface area contributed by atoms with Crippen LogP contribution in [0, 0.1) is 12.8 Å². The Balaban J connectivity index is 3.03. The minimum absolute atomic E-state index is 0.655. The van der Waals surface area contributed by atoms with Crippen LogP contribution in [-0.4, -0.2) is 0 Å². The smallest absolute Gasteiger partial charge is 0.0290 e. The molecule has 1 radical (unpaired) electrons. The fourth-order valence-corrected chi connectivity index (χ4v) is 0.272. The first-order valence-corrected chi connectivity index (χ1v) is 2.23. The van der Waals surface area contributed by atoms with Crippen molar-refractivity contribution in [2.75, 3.05) is 0 Å². The highest BCUT2D eigenvalue weighted by atomic mass is 13.8. The Hall–Kier alpha value is -0.260. The van der Waals surface area contributed by atoms with Gasteiger partial charge in [0.25, 0.3) is 0 Å². The van der Waals surface area contributed by atoms with Gasteiger partial charge in [-0.1, -0.05) is 26.0 Å². The number of hydrogen-bond donors (Lipinski definition) is 0. The highest BCUT2D eigenvalue weighted by Crippen LogP contribution is 1.90. The second-order valence-electron chi connectivity index (χ2n) is 1.67. The standard InChI is InChI=1S/C6H11/c1-4-5-6(2)3/h4-6H,1H2,2-3H3/b5-4-. The van der Waals surface area contributed by atoms with Gasteiger partial charge in [0.15, 0.2) is 0 Å². The van der Waals surface area contributed by atoms with Crippen LogP contribution in [-0.2, 0) is 0 Å². The zero-order chi connectivity index (χ0) is 4.99. The molecule has 0 saturated carbocycles. The molecule has 0 amide bonds. The molecule has 0 saturated heterocycles. The first-order chi connectivity index (χ1) is 2.77. The van der Waals surface area contributed by atoms with E-state index in [1.807, 2.05) is 6.08 Å². The molecule has 0 aromatic heterocycles. The number of hydrogen-bond acceptors (Lipinski definition) is 0. The maximum atomic E-state index is 3.55. The van der Waals surface area contributed by atoms with Gasteiger partial charge in [-0.15, -0.1) is 0 Å². The van der Waals surface area contributed by atoms with Crippen LogP contribution in [0.2, 0.25) is 0 Å². The van der Waals surface area contributed by atoms with Crippen LogP contribution in [0.5, 0.6) is 0 Å².